The van der Waals surface area contributed by atoms with Crippen LogP contribution in [0.5, 0.6) is 5.75 Å². The standard InChI is InChI=1S/C29H33F2N3O3/c1-36-27-5-3-2-4-24(27)26-12-23(37-33-26)17-34(16-21-6-7-22(30)11-25(21)31)28(35)32-29-13-18-8-19(14-29)10-20(9-18)15-29/h2-7,11,18-20,23H,8-10,12-17H2,1H3,(H,32,35). The van der Waals surface area contributed by atoms with E-state index in [0.717, 1.165) is 36.6 Å². The molecule has 4 saturated carbocycles. The van der Waals surface area contributed by atoms with E-state index in [-0.39, 0.29) is 36.3 Å². The van der Waals surface area contributed by atoms with Crippen LogP contribution in [0.3, 0.4) is 0 Å². The van der Waals surface area contributed by atoms with E-state index in [2.05, 4.69) is 10.5 Å². The van der Waals surface area contributed by atoms with Crippen LogP contribution < -0.4 is 10.1 Å². The minimum Gasteiger partial charge on any atom is -0.496 e. The van der Waals surface area contributed by atoms with E-state index in [9.17, 15) is 13.6 Å². The molecule has 5 aliphatic rings. The molecule has 4 fully saturated rings. The summed E-state index contributed by atoms with van der Waals surface area (Å²) in [6.45, 7) is 0.255. The fourth-order valence-corrected chi connectivity index (χ4v) is 7.46. The van der Waals surface area contributed by atoms with Gasteiger partial charge < -0.3 is 19.8 Å². The van der Waals surface area contributed by atoms with Gasteiger partial charge in [-0.1, -0.05) is 23.4 Å². The van der Waals surface area contributed by atoms with Crippen molar-refractivity contribution in [2.45, 2.75) is 63.1 Å². The number of carbonyl (C=O) groups is 1. The molecule has 4 aliphatic carbocycles. The Labute approximate surface area is 216 Å². The van der Waals surface area contributed by atoms with Crippen molar-refractivity contribution in [1.82, 2.24) is 10.2 Å². The van der Waals surface area contributed by atoms with E-state index in [4.69, 9.17) is 9.57 Å². The number of oxime groups is 1. The molecule has 2 amide bonds. The van der Waals surface area contributed by atoms with E-state index in [1.165, 1.54) is 31.4 Å². The van der Waals surface area contributed by atoms with Crippen LogP contribution >= 0.6 is 0 Å². The van der Waals surface area contributed by atoms with Crippen LogP contribution in [0, 0.1) is 29.4 Å². The highest BCUT2D eigenvalue weighted by atomic mass is 19.1. The molecule has 1 aliphatic heterocycles. The number of hydrogen-bond acceptors (Lipinski definition) is 4. The number of hydrogen-bond donors (Lipinski definition) is 1. The van der Waals surface area contributed by atoms with Crippen LogP contribution in [0.1, 0.15) is 56.1 Å². The summed E-state index contributed by atoms with van der Waals surface area (Å²) in [6, 6.07) is 10.9. The van der Waals surface area contributed by atoms with E-state index in [1.54, 1.807) is 12.0 Å². The molecule has 0 aromatic heterocycles. The third-order valence-electron chi connectivity index (χ3n) is 8.65. The van der Waals surface area contributed by atoms with Crippen LogP contribution in [0.15, 0.2) is 47.6 Å². The number of methoxy groups -OCH3 is 1. The molecule has 196 valence electrons. The minimum absolute atomic E-state index is 0.0220. The van der Waals surface area contributed by atoms with E-state index >= 15 is 0 Å². The molecule has 1 N–H and O–H groups in total. The average molecular weight is 510 g/mol. The van der Waals surface area contributed by atoms with Gasteiger partial charge in [-0.05, 0) is 74.5 Å². The fraction of sp³-hybridized carbons (Fsp3) is 0.517. The van der Waals surface area contributed by atoms with Crippen LogP contribution in [0.25, 0.3) is 0 Å². The summed E-state index contributed by atoms with van der Waals surface area (Å²) in [5.74, 6) is 1.46. The molecule has 2 aromatic rings. The highest BCUT2D eigenvalue weighted by Crippen LogP contribution is 2.55. The van der Waals surface area contributed by atoms with Crippen LogP contribution in [0.4, 0.5) is 13.6 Å². The number of amides is 2. The van der Waals surface area contributed by atoms with Crippen molar-refractivity contribution in [2.75, 3.05) is 13.7 Å². The second kappa shape index (κ2) is 9.62. The van der Waals surface area contributed by atoms with E-state index in [1.807, 2.05) is 24.3 Å². The molecule has 0 saturated heterocycles. The highest BCUT2D eigenvalue weighted by molar-refractivity contribution is 6.03. The van der Waals surface area contributed by atoms with Gasteiger partial charge in [0.05, 0.1) is 25.9 Å². The quantitative estimate of drug-likeness (QED) is 0.525. The summed E-state index contributed by atoms with van der Waals surface area (Å²) >= 11 is 0. The number of para-hydroxylation sites is 1. The lowest BCUT2D eigenvalue weighted by Crippen LogP contribution is -2.62. The van der Waals surface area contributed by atoms with Crippen molar-refractivity contribution in [3.05, 3.63) is 65.2 Å². The zero-order valence-corrected chi connectivity index (χ0v) is 21.1. The lowest BCUT2D eigenvalue weighted by Gasteiger charge is -2.57. The maximum Gasteiger partial charge on any atom is 0.318 e. The number of nitrogens with one attached hydrogen (secondary N) is 1. The summed E-state index contributed by atoms with van der Waals surface area (Å²) < 4.78 is 33.6. The first kappa shape index (κ1) is 24.2. The van der Waals surface area contributed by atoms with Gasteiger partial charge >= 0.3 is 6.03 Å². The lowest BCUT2D eigenvalue weighted by atomic mass is 9.53. The number of benzene rings is 2. The van der Waals surface area contributed by atoms with E-state index in [0.29, 0.717) is 29.9 Å². The molecule has 1 atom stereocenters. The molecule has 37 heavy (non-hydrogen) atoms. The molecule has 4 bridgehead atoms. The summed E-state index contributed by atoms with van der Waals surface area (Å²) in [4.78, 5) is 21.1. The molecule has 0 spiro atoms. The maximum atomic E-state index is 14.6. The number of nitrogens with zero attached hydrogens (tertiary/aromatic N) is 2. The topological polar surface area (TPSA) is 63.2 Å². The van der Waals surface area contributed by atoms with E-state index < -0.39 is 11.6 Å². The van der Waals surface area contributed by atoms with Crippen molar-refractivity contribution in [1.29, 1.82) is 0 Å². The smallest absolute Gasteiger partial charge is 0.318 e. The summed E-state index contributed by atoms with van der Waals surface area (Å²) in [5, 5.41) is 7.67. The Hall–Kier alpha value is -3.16. The molecular weight excluding hydrogens is 476 g/mol. The molecule has 2 aromatic carbocycles. The Morgan fingerprint density at radius 2 is 1.81 bits per heavy atom. The van der Waals surface area contributed by atoms with Gasteiger partial charge in [-0.2, -0.15) is 0 Å². The second-order valence-electron chi connectivity index (χ2n) is 11.4. The maximum absolute atomic E-state index is 14.6. The summed E-state index contributed by atoms with van der Waals surface area (Å²) in [5.41, 5.74) is 1.69. The molecule has 8 heteroatoms. The molecule has 7 rings (SSSR count). The second-order valence-corrected chi connectivity index (χ2v) is 11.4. The van der Waals surface area contributed by atoms with Crippen molar-refractivity contribution in [2.24, 2.45) is 22.9 Å². The van der Waals surface area contributed by atoms with Crippen molar-refractivity contribution in [3.8, 4) is 5.75 Å². The van der Waals surface area contributed by atoms with Crippen molar-refractivity contribution < 1.29 is 23.1 Å². The molecule has 0 radical (unpaired) electrons. The summed E-state index contributed by atoms with van der Waals surface area (Å²) in [6.07, 6.45) is 6.99. The number of carbonyl (C=O) groups excluding carboxylic acids is 1. The minimum atomic E-state index is -0.661. The molecular formula is C29H33F2N3O3. The monoisotopic (exact) mass is 509 g/mol. The van der Waals surface area contributed by atoms with Crippen molar-refractivity contribution >= 4 is 11.7 Å². The van der Waals surface area contributed by atoms with Gasteiger partial charge in [0.1, 0.15) is 17.4 Å². The van der Waals surface area contributed by atoms with Gasteiger partial charge in [-0.3, -0.25) is 0 Å². The average Bonchev–Trinajstić information content (AvgIpc) is 3.32. The predicted octanol–water partition coefficient (Wildman–Crippen LogP) is 5.65. The van der Waals surface area contributed by atoms with Crippen LogP contribution in [-0.2, 0) is 11.4 Å². The number of rotatable bonds is 7. The normalized spacial score (nSPS) is 29.5. The third-order valence-corrected chi connectivity index (χ3v) is 8.65. The zero-order valence-electron chi connectivity index (χ0n) is 21.1. The first-order chi connectivity index (χ1) is 17.9. The number of ether oxygens (including phenoxy) is 1. The number of halogens is 2. The Balaban J connectivity index is 1.19. The van der Waals surface area contributed by atoms with Gasteiger partial charge in [0.2, 0.25) is 0 Å². The van der Waals surface area contributed by atoms with Gasteiger partial charge in [0.25, 0.3) is 0 Å². The molecule has 6 nitrogen and oxygen atoms in total. The first-order valence-electron chi connectivity index (χ1n) is 13.3. The number of urea groups is 1. The molecule has 1 unspecified atom stereocenters. The SMILES string of the molecule is COc1ccccc1C1=NOC(CN(Cc2ccc(F)cc2F)C(=O)NC23CC4CC(CC(C4)C2)C3)C1. The van der Waals surface area contributed by atoms with Crippen LogP contribution in [0.2, 0.25) is 0 Å². The van der Waals surface area contributed by atoms with Crippen molar-refractivity contribution in [3.63, 3.8) is 0 Å². The Morgan fingerprint density at radius 3 is 2.49 bits per heavy atom. The zero-order chi connectivity index (χ0) is 25.6. The Bertz CT molecular complexity index is 1180. The predicted molar refractivity (Wildman–Crippen MR) is 135 cm³/mol. The highest BCUT2D eigenvalue weighted by Gasteiger charge is 2.52. The third kappa shape index (κ3) is 4.90. The summed E-state index contributed by atoms with van der Waals surface area (Å²) in [7, 11) is 1.61. The van der Waals surface area contributed by atoms with Gasteiger partial charge in [-0.25, -0.2) is 13.6 Å². The largest absolute Gasteiger partial charge is 0.496 e. The fourth-order valence-electron chi connectivity index (χ4n) is 7.46. The van der Waals surface area contributed by atoms with Crippen LogP contribution in [-0.4, -0.2) is 41.9 Å². The lowest BCUT2D eigenvalue weighted by molar-refractivity contribution is -0.0172. The Morgan fingerprint density at radius 1 is 1.11 bits per heavy atom. The first-order valence-corrected chi connectivity index (χ1v) is 13.3. The van der Waals surface area contributed by atoms with Gasteiger partial charge in [0, 0.05) is 29.2 Å². The Kier molecular flexibility index (Phi) is 6.29. The van der Waals surface area contributed by atoms with Gasteiger partial charge in [0.15, 0.2) is 6.10 Å². The molecule has 1 heterocycles. The van der Waals surface area contributed by atoms with Gasteiger partial charge in [-0.15, -0.1) is 0 Å².